The summed E-state index contributed by atoms with van der Waals surface area (Å²) in [5.74, 6) is -0.902. The number of nitrogens with one attached hydrogen (secondary N) is 2. The van der Waals surface area contributed by atoms with Crippen molar-refractivity contribution in [2.24, 2.45) is 0 Å². The zero-order valence-corrected chi connectivity index (χ0v) is 11.7. The molecule has 106 valence electrons. The summed E-state index contributed by atoms with van der Waals surface area (Å²) in [7, 11) is 0. The molecule has 0 unspecified atom stereocenters. The van der Waals surface area contributed by atoms with Crippen molar-refractivity contribution in [1.82, 2.24) is 25.3 Å². The van der Waals surface area contributed by atoms with Crippen molar-refractivity contribution in [1.29, 1.82) is 0 Å². The number of hydrogen-bond donors (Lipinski definition) is 3. The number of hydrogen-bond acceptors (Lipinski definition) is 6. The van der Waals surface area contributed by atoms with Gasteiger partial charge in [-0.2, -0.15) is 0 Å². The molecule has 0 aromatic carbocycles. The van der Waals surface area contributed by atoms with Crippen molar-refractivity contribution in [2.75, 3.05) is 6.26 Å². The molecule has 0 amide bonds. The van der Waals surface area contributed by atoms with Crippen molar-refractivity contribution < 1.29 is 9.90 Å². The fraction of sp³-hybridized carbons (Fsp3) is 0.333. The van der Waals surface area contributed by atoms with Crippen LogP contribution in [-0.4, -0.2) is 43.3 Å². The van der Waals surface area contributed by atoms with Crippen LogP contribution >= 0.6 is 11.8 Å². The smallest absolute Gasteiger partial charge is 0.321 e. The van der Waals surface area contributed by atoms with Crippen LogP contribution in [0.4, 0.5) is 0 Å². The van der Waals surface area contributed by atoms with Crippen LogP contribution in [0.2, 0.25) is 0 Å². The fourth-order valence-corrected chi connectivity index (χ4v) is 1.96. The van der Waals surface area contributed by atoms with Crippen LogP contribution in [-0.2, 0) is 17.8 Å². The molecule has 0 aliphatic carbocycles. The molecule has 2 heterocycles. The number of aromatic amines is 1. The molecule has 1 atom stereocenters. The molecule has 2 aromatic rings. The summed E-state index contributed by atoms with van der Waals surface area (Å²) in [5.41, 5.74) is 1.62. The average molecular weight is 293 g/mol. The minimum absolute atomic E-state index is 0.346. The number of rotatable bonds is 7. The minimum Gasteiger partial charge on any atom is -0.480 e. The van der Waals surface area contributed by atoms with E-state index in [1.165, 1.54) is 18.1 Å². The predicted octanol–water partition coefficient (Wildman–Crippen LogP) is 0.707. The molecule has 0 spiro atoms. The summed E-state index contributed by atoms with van der Waals surface area (Å²) in [6, 6.07) is -0.685. The van der Waals surface area contributed by atoms with E-state index in [1.807, 2.05) is 6.26 Å². The third kappa shape index (κ3) is 4.04. The van der Waals surface area contributed by atoms with Gasteiger partial charge in [-0.3, -0.25) is 10.1 Å². The molecule has 20 heavy (non-hydrogen) atoms. The van der Waals surface area contributed by atoms with Crippen LogP contribution in [0, 0.1) is 0 Å². The molecule has 0 aliphatic rings. The van der Waals surface area contributed by atoms with Crippen LogP contribution in [0.1, 0.15) is 11.3 Å². The summed E-state index contributed by atoms with van der Waals surface area (Å²) in [5, 5.41) is 12.9. The lowest BCUT2D eigenvalue weighted by atomic mass is 10.1. The molecule has 8 heteroatoms. The van der Waals surface area contributed by atoms with Gasteiger partial charge in [0.2, 0.25) is 0 Å². The monoisotopic (exact) mass is 293 g/mol. The number of carboxylic acid groups (broad SMARTS) is 1. The SMILES string of the molecule is CSc1ncc(CN[C@H](Cc2cnc[nH]2)C(=O)O)cn1. The molecular formula is C12H15N5O2S. The fourth-order valence-electron chi connectivity index (χ4n) is 1.64. The van der Waals surface area contributed by atoms with E-state index in [1.54, 1.807) is 18.6 Å². The lowest BCUT2D eigenvalue weighted by Gasteiger charge is -2.13. The van der Waals surface area contributed by atoms with Gasteiger partial charge >= 0.3 is 5.97 Å². The second-order valence-corrected chi connectivity index (χ2v) is 4.90. The minimum atomic E-state index is -0.902. The number of aliphatic carboxylic acids is 1. The summed E-state index contributed by atoms with van der Waals surface area (Å²) in [6.45, 7) is 0.403. The maximum absolute atomic E-state index is 11.2. The van der Waals surface area contributed by atoms with Crippen LogP contribution in [0.15, 0.2) is 30.1 Å². The van der Waals surface area contributed by atoms with Crippen molar-refractivity contribution >= 4 is 17.7 Å². The van der Waals surface area contributed by atoms with Crippen molar-refractivity contribution in [3.63, 3.8) is 0 Å². The molecule has 7 nitrogen and oxygen atoms in total. The lowest BCUT2D eigenvalue weighted by Crippen LogP contribution is -2.38. The van der Waals surface area contributed by atoms with Gasteiger partial charge in [0.25, 0.3) is 0 Å². The van der Waals surface area contributed by atoms with E-state index >= 15 is 0 Å². The van der Waals surface area contributed by atoms with E-state index in [-0.39, 0.29) is 0 Å². The normalized spacial score (nSPS) is 12.2. The van der Waals surface area contributed by atoms with E-state index in [2.05, 4.69) is 25.3 Å². The highest BCUT2D eigenvalue weighted by Crippen LogP contribution is 2.07. The standard InChI is InChI=1S/C12H15N5O2S/c1-20-12-15-4-8(5-16-12)3-14-10(11(18)19)2-9-6-13-7-17-9/h4-7,10,14H,2-3H2,1H3,(H,13,17)(H,18,19)/t10-/m1/s1. The maximum Gasteiger partial charge on any atom is 0.321 e. The van der Waals surface area contributed by atoms with Gasteiger partial charge in [0.1, 0.15) is 6.04 Å². The third-order valence-electron chi connectivity index (χ3n) is 2.69. The number of aromatic nitrogens is 4. The van der Waals surface area contributed by atoms with E-state index in [0.717, 1.165) is 11.3 Å². The van der Waals surface area contributed by atoms with Crippen LogP contribution in [0.25, 0.3) is 0 Å². The van der Waals surface area contributed by atoms with Crippen LogP contribution in [0.3, 0.4) is 0 Å². The Morgan fingerprint density at radius 3 is 2.75 bits per heavy atom. The number of thioether (sulfide) groups is 1. The van der Waals surface area contributed by atoms with E-state index in [9.17, 15) is 9.90 Å². The molecule has 2 aromatic heterocycles. The van der Waals surface area contributed by atoms with Gasteiger partial charge in [0.15, 0.2) is 5.16 Å². The third-order valence-corrected chi connectivity index (χ3v) is 3.27. The molecule has 3 N–H and O–H groups in total. The molecule has 0 aliphatic heterocycles. The Labute approximate surface area is 120 Å². The first-order valence-corrected chi connectivity index (χ1v) is 7.20. The summed E-state index contributed by atoms with van der Waals surface area (Å²) >= 11 is 1.46. The van der Waals surface area contributed by atoms with Gasteiger partial charge < -0.3 is 10.1 Å². The van der Waals surface area contributed by atoms with Crippen LogP contribution in [0.5, 0.6) is 0 Å². The average Bonchev–Trinajstić information content (AvgIpc) is 2.96. The molecule has 0 radical (unpaired) electrons. The number of carboxylic acids is 1. The molecule has 2 rings (SSSR count). The first-order chi connectivity index (χ1) is 9.69. The number of nitrogens with zero attached hydrogens (tertiary/aromatic N) is 3. The van der Waals surface area contributed by atoms with Crippen molar-refractivity contribution in [3.05, 3.63) is 36.2 Å². The first kappa shape index (κ1) is 14.5. The molecule has 0 saturated heterocycles. The molecule has 0 fully saturated rings. The van der Waals surface area contributed by atoms with E-state index in [4.69, 9.17) is 0 Å². The van der Waals surface area contributed by atoms with E-state index in [0.29, 0.717) is 18.1 Å². The highest BCUT2D eigenvalue weighted by atomic mass is 32.2. The van der Waals surface area contributed by atoms with Crippen molar-refractivity contribution in [3.8, 4) is 0 Å². The van der Waals surface area contributed by atoms with Gasteiger partial charge in [-0.1, -0.05) is 11.8 Å². The molecule has 0 bridgehead atoms. The van der Waals surface area contributed by atoms with Crippen LogP contribution < -0.4 is 5.32 Å². The molecule has 0 saturated carbocycles. The highest BCUT2D eigenvalue weighted by Gasteiger charge is 2.18. The number of carbonyl (C=O) groups is 1. The zero-order chi connectivity index (χ0) is 14.4. The second-order valence-electron chi connectivity index (χ2n) is 4.13. The Kier molecular flexibility index (Phi) is 5.08. The largest absolute Gasteiger partial charge is 0.480 e. The highest BCUT2D eigenvalue weighted by molar-refractivity contribution is 7.98. The zero-order valence-electron chi connectivity index (χ0n) is 10.9. The van der Waals surface area contributed by atoms with Gasteiger partial charge in [0, 0.05) is 42.8 Å². The van der Waals surface area contributed by atoms with Gasteiger partial charge in [-0.15, -0.1) is 0 Å². The Morgan fingerprint density at radius 2 is 2.20 bits per heavy atom. The topological polar surface area (TPSA) is 104 Å². The first-order valence-electron chi connectivity index (χ1n) is 5.97. The summed E-state index contributed by atoms with van der Waals surface area (Å²) in [4.78, 5) is 26.3. The number of imidazole rings is 1. The molecular weight excluding hydrogens is 278 g/mol. The second kappa shape index (κ2) is 7.01. The van der Waals surface area contributed by atoms with Gasteiger partial charge in [-0.25, -0.2) is 15.0 Å². The van der Waals surface area contributed by atoms with E-state index < -0.39 is 12.0 Å². The Balaban J connectivity index is 1.92. The summed E-state index contributed by atoms with van der Waals surface area (Å²) < 4.78 is 0. The van der Waals surface area contributed by atoms with Crippen molar-refractivity contribution in [2.45, 2.75) is 24.2 Å². The van der Waals surface area contributed by atoms with Gasteiger partial charge in [0.05, 0.1) is 6.33 Å². The lowest BCUT2D eigenvalue weighted by molar-refractivity contribution is -0.139. The number of H-pyrrole nitrogens is 1. The summed E-state index contributed by atoms with van der Waals surface area (Å²) in [6.07, 6.45) is 8.79. The predicted molar refractivity (Wildman–Crippen MR) is 74.4 cm³/mol. The maximum atomic E-state index is 11.2. The quantitative estimate of drug-likeness (QED) is 0.510. The Morgan fingerprint density at radius 1 is 1.45 bits per heavy atom. The Bertz CT molecular complexity index is 543. The Hall–Kier alpha value is -1.93. The van der Waals surface area contributed by atoms with Gasteiger partial charge in [-0.05, 0) is 6.26 Å².